The predicted molar refractivity (Wildman–Crippen MR) is 67.9 cm³/mol. The Kier molecular flexibility index (Phi) is 6.07. The van der Waals surface area contributed by atoms with Gasteiger partial charge in [0, 0.05) is 10.0 Å². The van der Waals surface area contributed by atoms with Crippen LogP contribution in [0.1, 0.15) is 25.3 Å². The van der Waals surface area contributed by atoms with E-state index in [0.717, 1.165) is 41.5 Å². The van der Waals surface area contributed by atoms with Gasteiger partial charge in [0.2, 0.25) is 0 Å². The van der Waals surface area contributed by atoms with Gasteiger partial charge in [0.15, 0.2) is 0 Å². The molecular formula is C12H17Cl2N. The lowest BCUT2D eigenvalue weighted by molar-refractivity contribution is 0.640. The van der Waals surface area contributed by atoms with Gasteiger partial charge in [0.25, 0.3) is 0 Å². The summed E-state index contributed by atoms with van der Waals surface area (Å²) in [6.07, 6.45) is 3.26. The van der Waals surface area contributed by atoms with E-state index in [1.54, 1.807) is 0 Å². The zero-order valence-electron chi connectivity index (χ0n) is 9.02. The molecule has 0 bridgehead atoms. The van der Waals surface area contributed by atoms with Crippen LogP contribution in [0.4, 0.5) is 0 Å². The molecule has 0 saturated carbocycles. The summed E-state index contributed by atoms with van der Waals surface area (Å²) in [6, 6.07) is 5.63. The molecule has 0 amide bonds. The van der Waals surface area contributed by atoms with Crippen LogP contribution in [0.15, 0.2) is 18.2 Å². The molecule has 0 aliphatic carbocycles. The Bertz CT molecular complexity index is 300. The van der Waals surface area contributed by atoms with Gasteiger partial charge >= 0.3 is 0 Å². The summed E-state index contributed by atoms with van der Waals surface area (Å²) in [5.74, 6) is 0. The van der Waals surface area contributed by atoms with E-state index in [1.165, 1.54) is 6.42 Å². The molecule has 15 heavy (non-hydrogen) atoms. The molecule has 1 nitrogen and oxygen atoms in total. The Labute approximate surface area is 102 Å². The molecule has 0 aliphatic rings. The van der Waals surface area contributed by atoms with Crippen molar-refractivity contribution in [2.45, 2.75) is 26.2 Å². The van der Waals surface area contributed by atoms with Crippen LogP contribution in [0.25, 0.3) is 0 Å². The lowest BCUT2D eigenvalue weighted by atomic mass is 10.1. The second kappa shape index (κ2) is 7.10. The fraction of sp³-hybridized carbons (Fsp3) is 0.500. The number of aryl methyl sites for hydroxylation is 1. The molecule has 0 saturated heterocycles. The Morgan fingerprint density at radius 1 is 1.20 bits per heavy atom. The molecule has 3 heteroatoms. The van der Waals surface area contributed by atoms with E-state index in [0.29, 0.717) is 0 Å². The Hall–Kier alpha value is -0.240. The molecular weight excluding hydrogens is 229 g/mol. The van der Waals surface area contributed by atoms with Gasteiger partial charge in [-0.05, 0) is 56.1 Å². The molecule has 84 valence electrons. The lowest BCUT2D eigenvalue weighted by Crippen LogP contribution is -2.16. The van der Waals surface area contributed by atoms with Crippen LogP contribution in [-0.4, -0.2) is 13.1 Å². The predicted octanol–water partition coefficient (Wildman–Crippen LogP) is 3.93. The summed E-state index contributed by atoms with van der Waals surface area (Å²) in [6.45, 7) is 4.29. The van der Waals surface area contributed by atoms with Crippen molar-refractivity contribution in [1.82, 2.24) is 5.32 Å². The van der Waals surface area contributed by atoms with E-state index >= 15 is 0 Å². The second-order valence-corrected chi connectivity index (χ2v) is 4.43. The van der Waals surface area contributed by atoms with Crippen molar-refractivity contribution in [2.75, 3.05) is 13.1 Å². The fourth-order valence-electron chi connectivity index (χ4n) is 1.44. The van der Waals surface area contributed by atoms with E-state index in [-0.39, 0.29) is 0 Å². The van der Waals surface area contributed by atoms with Crippen molar-refractivity contribution in [2.24, 2.45) is 0 Å². The molecule has 1 N–H and O–H groups in total. The van der Waals surface area contributed by atoms with E-state index < -0.39 is 0 Å². The minimum atomic E-state index is 0.760. The van der Waals surface area contributed by atoms with Gasteiger partial charge in [0.05, 0.1) is 0 Å². The molecule has 0 aliphatic heterocycles. The highest BCUT2D eigenvalue weighted by molar-refractivity contribution is 6.33. The van der Waals surface area contributed by atoms with Crippen LogP contribution in [0.5, 0.6) is 0 Å². The molecule has 0 spiro atoms. The first-order valence-corrected chi connectivity index (χ1v) is 6.14. The topological polar surface area (TPSA) is 12.0 Å². The molecule has 0 radical (unpaired) electrons. The highest BCUT2D eigenvalue weighted by atomic mass is 35.5. The Morgan fingerprint density at radius 2 is 2.00 bits per heavy atom. The smallest absolute Gasteiger partial charge is 0.0439 e. The largest absolute Gasteiger partial charge is 0.317 e. The maximum absolute atomic E-state index is 6.06. The number of hydrogen-bond donors (Lipinski definition) is 1. The van der Waals surface area contributed by atoms with Gasteiger partial charge in [-0.1, -0.05) is 30.1 Å². The summed E-state index contributed by atoms with van der Waals surface area (Å²) in [4.78, 5) is 0. The highest BCUT2D eigenvalue weighted by Gasteiger charge is 2.00. The maximum Gasteiger partial charge on any atom is 0.0439 e. The zero-order chi connectivity index (χ0) is 11.1. The third-order valence-corrected chi connectivity index (χ3v) is 2.84. The molecule has 0 fully saturated rings. The van der Waals surface area contributed by atoms with Crippen LogP contribution < -0.4 is 5.32 Å². The Morgan fingerprint density at radius 3 is 2.73 bits per heavy atom. The number of rotatable bonds is 6. The molecule has 1 aromatic rings. The van der Waals surface area contributed by atoms with Crippen molar-refractivity contribution >= 4 is 23.2 Å². The number of hydrogen-bond acceptors (Lipinski definition) is 1. The highest BCUT2D eigenvalue weighted by Crippen LogP contribution is 2.21. The van der Waals surface area contributed by atoms with Crippen molar-refractivity contribution < 1.29 is 0 Å². The zero-order valence-corrected chi connectivity index (χ0v) is 10.5. The van der Waals surface area contributed by atoms with E-state index in [4.69, 9.17) is 23.2 Å². The van der Waals surface area contributed by atoms with Crippen LogP contribution in [0.3, 0.4) is 0 Å². The first-order chi connectivity index (χ1) is 7.24. The summed E-state index contributed by atoms with van der Waals surface area (Å²) < 4.78 is 0. The lowest BCUT2D eigenvalue weighted by Gasteiger charge is -2.05. The van der Waals surface area contributed by atoms with Gasteiger partial charge in [0.1, 0.15) is 0 Å². The van der Waals surface area contributed by atoms with Crippen LogP contribution in [-0.2, 0) is 6.42 Å². The SMILES string of the molecule is CCCNCCCc1cc(Cl)ccc1Cl. The van der Waals surface area contributed by atoms with E-state index in [9.17, 15) is 0 Å². The van der Waals surface area contributed by atoms with Crippen LogP contribution in [0.2, 0.25) is 10.0 Å². The van der Waals surface area contributed by atoms with Gasteiger partial charge < -0.3 is 5.32 Å². The first kappa shape index (κ1) is 12.8. The minimum Gasteiger partial charge on any atom is -0.317 e. The average Bonchev–Trinajstić information content (AvgIpc) is 2.23. The van der Waals surface area contributed by atoms with Gasteiger partial charge in [-0.2, -0.15) is 0 Å². The molecule has 0 unspecified atom stereocenters. The molecule has 1 aromatic carbocycles. The standard InChI is InChI=1S/C12H17Cl2N/c1-2-7-15-8-3-4-10-9-11(13)5-6-12(10)14/h5-6,9,15H,2-4,7-8H2,1H3. The summed E-state index contributed by atoms with van der Waals surface area (Å²) in [7, 11) is 0. The number of nitrogens with one attached hydrogen (secondary N) is 1. The monoisotopic (exact) mass is 245 g/mol. The normalized spacial score (nSPS) is 10.6. The maximum atomic E-state index is 6.06. The van der Waals surface area contributed by atoms with Crippen molar-refractivity contribution in [3.8, 4) is 0 Å². The minimum absolute atomic E-state index is 0.760. The molecule has 0 atom stereocenters. The van der Waals surface area contributed by atoms with Gasteiger partial charge in [-0.15, -0.1) is 0 Å². The fourth-order valence-corrected chi connectivity index (χ4v) is 1.85. The van der Waals surface area contributed by atoms with Gasteiger partial charge in [-0.25, -0.2) is 0 Å². The summed E-state index contributed by atoms with van der Waals surface area (Å²) in [5, 5.41) is 4.94. The van der Waals surface area contributed by atoms with Crippen molar-refractivity contribution in [3.63, 3.8) is 0 Å². The molecule has 1 rings (SSSR count). The third-order valence-electron chi connectivity index (χ3n) is 2.23. The number of halogens is 2. The van der Waals surface area contributed by atoms with Crippen molar-refractivity contribution in [3.05, 3.63) is 33.8 Å². The van der Waals surface area contributed by atoms with Gasteiger partial charge in [-0.3, -0.25) is 0 Å². The third kappa shape index (κ3) is 4.87. The Balaban J connectivity index is 2.33. The molecule has 0 heterocycles. The average molecular weight is 246 g/mol. The molecule has 0 aromatic heterocycles. The van der Waals surface area contributed by atoms with Crippen molar-refractivity contribution in [1.29, 1.82) is 0 Å². The second-order valence-electron chi connectivity index (χ2n) is 3.59. The van der Waals surface area contributed by atoms with Crippen LogP contribution >= 0.6 is 23.2 Å². The first-order valence-electron chi connectivity index (χ1n) is 5.38. The van der Waals surface area contributed by atoms with Crippen LogP contribution in [0, 0.1) is 0 Å². The summed E-state index contributed by atoms with van der Waals surface area (Å²) in [5.41, 5.74) is 1.14. The number of benzene rings is 1. The van der Waals surface area contributed by atoms with E-state index in [1.807, 2.05) is 18.2 Å². The quantitative estimate of drug-likeness (QED) is 0.750. The van der Waals surface area contributed by atoms with E-state index in [2.05, 4.69) is 12.2 Å². The summed E-state index contributed by atoms with van der Waals surface area (Å²) >= 11 is 12.0.